The third-order valence-corrected chi connectivity index (χ3v) is 8.33. The number of likely N-dealkylation sites (tertiary alicyclic amines) is 1. The standard InChI is InChI=1S/C25H31F3IN7O2/c26-25(27,28)15-8-17(30)13-36(11-15)19-1-4-32-10-18(19)34-24(37)21-22-20(38-23(21)31)7-14(9-33-22)2-5-35-6-3-16(29)12-35/h1,4,7,10,15-17,33H,2-3,5-6,8-9,11-13,30-31H2,(H,34,37)/t15-,16-,17+/m1/s1. The zero-order valence-corrected chi connectivity index (χ0v) is 22.9. The Labute approximate surface area is 232 Å². The molecule has 3 aliphatic rings. The summed E-state index contributed by atoms with van der Waals surface area (Å²) in [4.78, 5) is 21.4. The van der Waals surface area contributed by atoms with Crippen LogP contribution < -0.4 is 27.0 Å². The number of nitrogens with one attached hydrogen (secondary N) is 2. The van der Waals surface area contributed by atoms with E-state index in [9.17, 15) is 18.0 Å². The molecule has 38 heavy (non-hydrogen) atoms. The molecule has 0 radical (unpaired) electrons. The molecule has 2 aromatic heterocycles. The zero-order valence-electron chi connectivity index (χ0n) is 20.7. The third-order valence-electron chi connectivity index (χ3n) is 7.31. The van der Waals surface area contributed by atoms with Gasteiger partial charge in [0.1, 0.15) is 5.56 Å². The highest BCUT2D eigenvalue weighted by atomic mass is 127. The van der Waals surface area contributed by atoms with Crippen LogP contribution in [0.15, 0.2) is 28.5 Å². The Bertz CT molecular complexity index is 1220. The Hall–Kier alpha value is -2.52. The smallest absolute Gasteiger partial charge is 0.393 e. The largest absolute Gasteiger partial charge is 0.438 e. The zero-order chi connectivity index (χ0) is 27.0. The van der Waals surface area contributed by atoms with Crippen LogP contribution in [0.25, 0.3) is 6.08 Å². The predicted molar refractivity (Wildman–Crippen MR) is 150 cm³/mol. The molecule has 0 saturated carbocycles. The quantitative estimate of drug-likeness (QED) is 0.275. The first-order chi connectivity index (χ1) is 18.1. The fourth-order valence-corrected chi connectivity index (χ4v) is 6.21. The molecule has 6 N–H and O–H groups in total. The fraction of sp³-hybridized carbons (Fsp3) is 0.520. The average molecular weight is 645 g/mol. The molecule has 5 heterocycles. The van der Waals surface area contributed by atoms with Crippen molar-refractivity contribution in [2.24, 2.45) is 11.7 Å². The van der Waals surface area contributed by atoms with E-state index in [-0.39, 0.29) is 36.6 Å². The minimum Gasteiger partial charge on any atom is -0.438 e. The number of carbonyl (C=O) groups excluding carboxylic acids is 1. The first-order valence-corrected chi connectivity index (χ1v) is 13.9. The molecule has 1 amide bonds. The molecular weight excluding hydrogens is 614 g/mol. The lowest BCUT2D eigenvalue weighted by molar-refractivity contribution is -0.177. The number of rotatable bonds is 6. The number of halogens is 4. The Morgan fingerprint density at radius 2 is 2.13 bits per heavy atom. The van der Waals surface area contributed by atoms with Gasteiger partial charge in [0.05, 0.1) is 29.2 Å². The number of hydrogen-bond acceptors (Lipinski definition) is 8. The van der Waals surface area contributed by atoms with Gasteiger partial charge in [-0.3, -0.25) is 9.78 Å². The maximum Gasteiger partial charge on any atom is 0.393 e. The number of carbonyl (C=O) groups is 1. The normalized spacial score (nSPS) is 24.1. The molecule has 0 aromatic carbocycles. The van der Waals surface area contributed by atoms with Crippen LogP contribution in [0.2, 0.25) is 0 Å². The van der Waals surface area contributed by atoms with Crippen LogP contribution in [0.4, 0.5) is 36.1 Å². The summed E-state index contributed by atoms with van der Waals surface area (Å²) in [5.41, 5.74) is 14.6. The van der Waals surface area contributed by atoms with E-state index in [0.717, 1.165) is 31.6 Å². The molecular formula is C25H31F3IN7O2. The molecule has 206 valence electrons. The second-order valence-corrected chi connectivity index (χ2v) is 11.9. The van der Waals surface area contributed by atoms with Gasteiger partial charge in [-0.15, -0.1) is 0 Å². The first-order valence-electron chi connectivity index (χ1n) is 12.6. The highest BCUT2D eigenvalue weighted by molar-refractivity contribution is 14.1. The lowest BCUT2D eigenvalue weighted by Crippen LogP contribution is -2.51. The average Bonchev–Trinajstić information content (AvgIpc) is 3.43. The van der Waals surface area contributed by atoms with Crippen molar-refractivity contribution in [1.29, 1.82) is 0 Å². The summed E-state index contributed by atoms with van der Waals surface area (Å²) >= 11 is 2.49. The Balaban J connectivity index is 1.31. The van der Waals surface area contributed by atoms with Gasteiger partial charge in [-0.2, -0.15) is 13.2 Å². The van der Waals surface area contributed by atoms with Gasteiger partial charge in [0.2, 0.25) is 5.88 Å². The molecule has 9 nitrogen and oxygen atoms in total. The van der Waals surface area contributed by atoms with Crippen LogP contribution in [-0.4, -0.2) is 71.2 Å². The molecule has 2 saturated heterocycles. The van der Waals surface area contributed by atoms with Gasteiger partial charge in [0.25, 0.3) is 5.91 Å². The van der Waals surface area contributed by atoms with Crippen molar-refractivity contribution in [3.63, 3.8) is 0 Å². The third kappa shape index (κ3) is 5.88. The maximum atomic E-state index is 13.5. The fourth-order valence-electron chi connectivity index (χ4n) is 5.37. The van der Waals surface area contributed by atoms with Gasteiger partial charge in [-0.1, -0.05) is 22.6 Å². The molecule has 0 bridgehead atoms. The van der Waals surface area contributed by atoms with Gasteiger partial charge in [0, 0.05) is 48.9 Å². The summed E-state index contributed by atoms with van der Waals surface area (Å²) in [6, 6.07) is 0.922. The SMILES string of the molecule is Nc1oc2c(c1C(=O)Nc1cnccc1N1C[C@@H](N)C[C@@H](C(F)(F)F)C1)NCC(CCN1CC[C@@H](I)C1)=C2. The Morgan fingerprint density at radius 1 is 1.32 bits per heavy atom. The van der Waals surface area contributed by atoms with Crippen LogP contribution in [0.5, 0.6) is 0 Å². The van der Waals surface area contributed by atoms with Crippen molar-refractivity contribution in [3.8, 4) is 0 Å². The van der Waals surface area contributed by atoms with Crippen LogP contribution in [0, 0.1) is 5.92 Å². The van der Waals surface area contributed by atoms with Gasteiger partial charge >= 0.3 is 6.18 Å². The van der Waals surface area contributed by atoms with E-state index in [4.69, 9.17) is 15.9 Å². The molecule has 0 spiro atoms. The Morgan fingerprint density at radius 3 is 2.87 bits per heavy atom. The number of fused-ring (bicyclic) bond motifs is 1. The van der Waals surface area contributed by atoms with Crippen LogP contribution >= 0.6 is 22.6 Å². The number of nitrogens with zero attached hydrogens (tertiary/aromatic N) is 3. The number of amides is 1. The summed E-state index contributed by atoms with van der Waals surface area (Å²) in [6.45, 7) is 3.71. The summed E-state index contributed by atoms with van der Waals surface area (Å²) in [7, 11) is 0. The summed E-state index contributed by atoms with van der Waals surface area (Å²) in [5.74, 6) is -1.64. The summed E-state index contributed by atoms with van der Waals surface area (Å²) < 4.78 is 46.8. The van der Waals surface area contributed by atoms with Crippen molar-refractivity contribution in [1.82, 2.24) is 9.88 Å². The number of furan rings is 1. The second kappa shape index (κ2) is 10.9. The number of hydrogen-bond donors (Lipinski definition) is 4. The molecule has 3 atom stereocenters. The van der Waals surface area contributed by atoms with E-state index in [2.05, 4.69) is 43.1 Å². The van der Waals surface area contributed by atoms with Crippen LogP contribution in [0.3, 0.4) is 0 Å². The van der Waals surface area contributed by atoms with E-state index >= 15 is 0 Å². The molecule has 2 aromatic rings. The monoisotopic (exact) mass is 645 g/mol. The summed E-state index contributed by atoms with van der Waals surface area (Å²) in [6.07, 6.45) is 2.40. The highest BCUT2D eigenvalue weighted by Gasteiger charge is 2.44. The van der Waals surface area contributed by atoms with Gasteiger partial charge < -0.3 is 36.3 Å². The number of nitrogens with two attached hydrogens (primary N) is 2. The molecule has 3 aliphatic heterocycles. The number of aromatic nitrogens is 1. The van der Waals surface area contributed by atoms with Crippen molar-refractivity contribution in [2.45, 2.75) is 35.4 Å². The lowest BCUT2D eigenvalue weighted by atomic mass is 9.93. The van der Waals surface area contributed by atoms with Crippen molar-refractivity contribution < 1.29 is 22.4 Å². The van der Waals surface area contributed by atoms with E-state index in [0.29, 0.717) is 27.6 Å². The topological polar surface area (TPSA) is 126 Å². The van der Waals surface area contributed by atoms with Gasteiger partial charge in [0.15, 0.2) is 5.76 Å². The molecule has 0 aliphatic carbocycles. The number of anilines is 4. The number of nitrogen functional groups attached to an aromatic ring is 1. The maximum absolute atomic E-state index is 13.5. The van der Waals surface area contributed by atoms with Crippen molar-refractivity contribution >= 4 is 57.5 Å². The van der Waals surface area contributed by atoms with E-state index in [1.165, 1.54) is 18.8 Å². The highest BCUT2D eigenvalue weighted by Crippen LogP contribution is 2.38. The number of piperidine rings is 1. The number of alkyl halides is 4. The molecule has 5 rings (SSSR count). The number of pyridine rings is 1. The molecule has 2 fully saturated rings. The van der Waals surface area contributed by atoms with Crippen molar-refractivity contribution in [3.05, 3.63) is 35.4 Å². The first kappa shape index (κ1) is 27.1. The minimum atomic E-state index is -4.36. The minimum absolute atomic E-state index is 0.0348. The van der Waals surface area contributed by atoms with Crippen LogP contribution in [0.1, 0.15) is 35.4 Å². The Kier molecular flexibility index (Phi) is 7.78. The van der Waals surface area contributed by atoms with E-state index in [1.807, 2.05) is 6.08 Å². The second-order valence-electron chi connectivity index (χ2n) is 10.2. The molecule has 13 heteroatoms. The lowest BCUT2D eigenvalue weighted by Gasteiger charge is -2.39. The van der Waals surface area contributed by atoms with E-state index in [1.54, 1.807) is 11.0 Å². The van der Waals surface area contributed by atoms with Gasteiger partial charge in [-0.05, 0) is 43.5 Å². The van der Waals surface area contributed by atoms with Crippen LogP contribution in [-0.2, 0) is 0 Å². The molecule has 0 unspecified atom stereocenters. The summed E-state index contributed by atoms with van der Waals surface area (Å²) in [5, 5.41) is 6.04. The van der Waals surface area contributed by atoms with Gasteiger partial charge in [-0.25, -0.2) is 0 Å². The van der Waals surface area contributed by atoms with E-state index < -0.39 is 24.0 Å². The predicted octanol–water partition coefficient (Wildman–Crippen LogP) is 3.93. The van der Waals surface area contributed by atoms with Crippen molar-refractivity contribution in [2.75, 3.05) is 60.5 Å².